The summed E-state index contributed by atoms with van der Waals surface area (Å²) in [6, 6.07) is 28.2. The third-order valence-electron chi connectivity index (χ3n) is 4.45. The third-order valence-corrected chi connectivity index (χ3v) is 4.45. The predicted molar refractivity (Wildman–Crippen MR) is 112 cm³/mol. The van der Waals surface area contributed by atoms with E-state index in [9.17, 15) is 4.79 Å². The lowest BCUT2D eigenvalue weighted by atomic mass is 10.1. The van der Waals surface area contributed by atoms with E-state index in [4.69, 9.17) is 0 Å². The zero-order valence-electron chi connectivity index (χ0n) is 14.7. The maximum Gasteiger partial charge on any atom is 0.259 e. The summed E-state index contributed by atoms with van der Waals surface area (Å²) in [5, 5.41) is 11.8. The number of carbonyl (C=O) groups excluding carboxylic acids is 1. The van der Waals surface area contributed by atoms with Crippen molar-refractivity contribution in [3.63, 3.8) is 0 Å². The van der Waals surface area contributed by atoms with Crippen LogP contribution in [0, 0.1) is 0 Å². The van der Waals surface area contributed by atoms with Gasteiger partial charge in [0.25, 0.3) is 5.91 Å². The zero-order chi connectivity index (χ0) is 18.5. The summed E-state index contributed by atoms with van der Waals surface area (Å²) in [6.07, 6.45) is 1.68. The van der Waals surface area contributed by atoms with E-state index < -0.39 is 0 Å². The number of anilines is 1. The molecule has 0 saturated heterocycles. The SMILES string of the molecule is O=C(CNc1cccc2ccccc12)NN=Cc1cccc2ccccc12. The van der Waals surface area contributed by atoms with Gasteiger partial charge in [0.1, 0.15) is 0 Å². The smallest absolute Gasteiger partial charge is 0.259 e. The van der Waals surface area contributed by atoms with Crippen LogP contribution in [0.25, 0.3) is 21.5 Å². The second-order valence-corrected chi connectivity index (χ2v) is 6.24. The summed E-state index contributed by atoms with van der Waals surface area (Å²) in [5.41, 5.74) is 4.48. The van der Waals surface area contributed by atoms with Crippen molar-refractivity contribution in [1.29, 1.82) is 0 Å². The monoisotopic (exact) mass is 353 g/mol. The van der Waals surface area contributed by atoms with Gasteiger partial charge in [0.2, 0.25) is 0 Å². The van der Waals surface area contributed by atoms with Gasteiger partial charge in [-0.2, -0.15) is 5.10 Å². The fourth-order valence-corrected chi connectivity index (χ4v) is 3.13. The van der Waals surface area contributed by atoms with Crippen LogP contribution in [0.2, 0.25) is 0 Å². The molecule has 4 nitrogen and oxygen atoms in total. The quantitative estimate of drug-likeness (QED) is 0.408. The Morgan fingerprint density at radius 3 is 2.22 bits per heavy atom. The molecule has 0 aliphatic carbocycles. The van der Waals surface area contributed by atoms with Gasteiger partial charge in [0, 0.05) is 16.6 Å². The van der Waals surface area contributed by atoms with Crippen LogP contribution < -0.4 is 10.7 Å². The Morgan fingerprint density at radius 1 is 0.778 bits per heavy atom. The van der Waals surface area contributed by atoms with E-state index >= 15 is 0 Å². The van der Waals surface area contributed by atoms with Crippen LogP contribution in [0.15, 0.2) is 90.0 Å². The van der Waals surface area contributed by atoms with Crippen molar-refractivity contribution < 1.29 is 4.79 Å². The molecule has 0 aromatic heterocycles. The minimum atomic E-state index is -0.195. The standard InChI is InChI=1S/C23H19N3O/c27-23(16-24-22-14-6-10-18-8-2-4-13-21(18)22)26-25-15-19-11-5-9-17-7-1-3-12-20(17)19/h1-15,24H,16H2,(H,26,27). The maximum atomic E-state index is 12.1. The molecule has 4 aromatic carbocycles. The molecule has 0 aliphatic heterocycles. The fourth-order valence-electron chi connectivity index (χ4n) is 3.13. The highest BCUT2D eigenvalue weighted by molar-refractivity contribution is 6.00. The van der Waals surface area contributed by atoms with Crippen LogP contribution >= 0.6 is 0 Å². The van der Waals surface area contributed by atoms with Gasteiger partial charge < -0.3 is 5.32 Å². The lowest BCUT2D eigenvalue weighted by Gasteiger charge is -2.08. The van der Waals surface area contributed by atoms with Gasteiger partial charge in [-0.3, -0.25) is 4.79 Å². The van der Waals surface area contributed by atoms with E-state index in [2.05, 4.69) is 40.1 Å². The van der Waals surface area contributed by atoms with E-state index in [1.807, 2.05) is 60.7 Å². The van der Waals surface area contributed by atoms with Crippen molar-refractivity contribution in [2.75, 3.05) is 11.9 Å². The van der Waals surface area contributed by atoms with Gasteiger partial charge in [-0.15, -0.1) is 0 Å². The molecule has 0 bridgehead atoms. The van der Waals surface area contributed by atoms with Gasteiger partial charge in [-0.05, 0) is 22.2 Å². The van der Waals surface area contributed by atoms with Crippen molar-refractivity contribution in [3.05, 3.63) is 90.5 Å². The van der Waals surface area contributed by atoms with E-state index in [1.165, 1.54) is 0 Å². The first-order valence-corrected chi connectivity index (χ1v) is 8.82. The van der Waals surface area contributed by atoms with Gasteiger partial charge >= 0.3 is 0 Å². The number of amides is 1. The number of hydrazone groups is 1. The van der Waals surface area contributed by atoms with E-state index in [1.54, 1.807) is 6.21 Å². The Balaban J connectivity index is 1.40. The highest BCUT2D eigenvalue weighted by atomic mass is 16.2. The van der Waals surface area contributed by atoms with Crippen molar-refractivity contribution >= 4 is 39.4 Å². The molecule has 1 amide bonds. The van der Waals surface area contributed by atoms with Crippen molar-refractivity contribution in [1.82, 2.24) is 5.43 Å². The molecule has 0 heterocycles. The molecule has 4 aromatic rings. The first-order chi connectivity index (χ1) is 13.3. The average molecular weight is 353 g/mol. The van der Waals surface area contributed by atoms with E-state index in [0.29, 0.717) is 0 Å². The second kappa shape index (κ2) is 7.70. The lowest BCUT2D eigenvalue weighted by molar-refractivity contribution is -0.119. The lowest BCUT2D eigenvalue weighted by Crippen LogP contribution is -2.25. The molecule has 0 fully saturated rings. The molecular weight excluding hydrogens is 334 g/mol. The Kier molecular flexibility index (Phi) is 4.79. The number of carbonyl (C=O) groups is 1. The van der Waals surface area contributed by atoms with Crippen LogP contribution in [0.3, 0.4) is 0 Å². The van der Waals surface area contributed by atoms with Crippen LogP contribution in [0.5, 0.6) is 0 Å². The van der Waals surface area contributed by atoms with Crippen LogP contribution in [0.4, 0.5) is 5.69 Å². The Morgan fingerprint density at radius 2 is 1.41 bits per heavy atom. The Hall–Kier alpha value is -3.66. The number of hydrogen-bond donors (Lipinski definition) is 2. The number of rotatable bonds is 5. The topological polar surface area (TPSA) is 53.5 Å². The molecule has 132 valence electrons. The first kappa shape index (κ1) is 16.8. The first-order valence-electron chi connectivity index (χ1n) is 8.82. The van der Waals surface area contributed by atoms with Crippen LogP contribution in [0.1, 0.15) is 5.56 Å². The highest BCUT2D eigenvalue weighted by Crippen LogP contribution is 2.22. The number of benzene rings is 4. The van der Waals surface area contributed by atoms with E-state index in [-0.39, 0.29) is 12.5 Å². The number of hydrogen-bond acceptors (Lipinski definition) is 3. The molecule has 0 unspecified atom stereocenters. The number of fused-ring (bicyclic) bond motifs is 2. The summed E-state index contributed by atoms with van der Waals surface area (Å²) < 4.78 is 0. The molecule has 0 aliphatic rings. The second-order valence-electron chi connectivity index (χ2n) is 6.24. The number of nitrogens with one attached hydrogen (secondary N) is 2. The van der Waals surface area contributed by atoms with Crippen LogP contribution in [-0.4, -0.2) is 18.7 Å². The summed E-state index contributed by atoms with van der Waals surface area (Å²) in [4.78, 5) is 12.1. The average Bonchev–Trinajstić information content (AvgIpc) is 2.72. The molecule has 4 heteroatoms. The molecule has 4 rings (SSSR count). The molecular formula is C23H19N3O. The van der Waals surface area contributed by atoms with E-state index in [0.717, 1.165) is 32.8 Å². The number of nitrogens with zero attached hydrogens (tertiary/aromatic N) is 1. The normalized spacial score (nSPS) is 11.1. The highest BCUT2D eigenvalue weighted by Gasteiger charge is 2.03. The molecule has 0 spiro atoms. The molecule has 2 N–H and O–H groups in total. The Labute approximate surface area is 157 Å². The minimum Gasteiger partial charge on any atom is -0.376 e. The summed E-state index contributed by atoms with van der Waals surface area (Å²) in [7, 11) is 0. The molecule has 0 saturated carbocycles. The summed E-state index contributed by atoms with van der Waals surface area (Å²) in [6.45, 7) is 0.154. The van der Waals surface area contributed by atoms with Gasteiger partial charge in [-0.1, -0.05) is 78.9 Å². The molecule has 0 atom stereocenters. The third kappa shape index (κ3) is 3.80. The Bertz CT molecular complexity index is 1120. The maximum absolute atomic E-state index is 12.1. The van der Waals surface area contributed by atoms with Gasteiger partial charge in [0.15, 0.2) is 0 Å². The molecule has 27 heavy (non-hydrogen) atoms. The van der Waals surface area contributed by atoms with Crippen molar-refractivity contribution in [3.8, 4) is 0 Å². The van der Waals surface area contributed by atoms with Crippen molar-refractivity contribution in [2.24, 2.45) is 5.10 Å². The molecule has 0 radical (unpaired) electrons. The summed E-state index contributed by atoms with van der Waals surface area (Å²) >= 11 is 0. The predicted octanol–water partition coefficient (Wildman–Crippen LogP) is 4.56. The van der Waals surface area contributed by atoms with Gasteiger partial charge in [-0.25, -0.2) is 5.43 Å². The zero-order valence-corrected chi connectivity index (χ0v) is 14.7. The van der Waals surface area contributed by atoms with Crippen molar-refractivity contribution in [2.45, 2.75) is 0 Å². The van der Waals surface area contributed by atoms with Gasteiger partial charge in [0.05, 0.1) is 12.8 Å². The fraction of sp³-hybridized carbons (Fsp3) is 0.0435. The largest absolute Gasteiger partial charge is 0.376 e. The summed E-state index contributed by atoms with van der Waals surface area (Å²) in [5.74, 6) is -0.195. The van der Waals surface area contributed by atoms with Crippen LogP contribution in [-0.2, 0) is 4.79 Å². The minimum absolute atomic E-state index is 0.154.